The zero-order valence-corrected chi connectivity index (χ0v) is 19.3. The number of likely N-dealkylation sites (tertiary alicyclic amines) is 1. The Morgan fingerprint density at radius 1 is 1.16 bits per heavy atom. The molecule has 0 radical (unpaired) electrons. The number of benzene rings is 1. The molecule has 2 fully saturated rings. The number of nitrogens with zero attached hydrogens (tertiary/aromatic N) is 1. The van der Waals surface area contributed by atoms with Gasteiger partial charge in [0, 0.05) is 6.04 Å². The molecule has 0 aromatic heterocycles. The number of hydrogen-bond donors (Lipinski definition) is 3. The van der Waals surface area contributed by atoms with Gasteiger partial charge in [-0.05, 0) is 77.1 Å². The molecule has 1 saturated heterocycles. The lowest BCUT2D eigenvalue weighted by Gasteiger charge is -2.41. The molecule has 4 rings (SSSR count). The minimum Gasteiger partial charge on any atom is -0.504 e. The smallest absolute Gasteiger partial charge is 0.319 e. The molecular weight excluding hydrogens is 438 g/mol. The van der Waals surface area contributed by atoms with E-state index in [9.17, 15) is 18.3 Å². The minimum atomic E-state index is -3.83. The molecule has 3 aliphatic rings. The predicted octanol–water partition coefficient (Wildman–Crippen LogP) is 4.07. The van der Waals surface area contributed by atoms with Crippen molar-refractivity contribution in [3.05, 3.63) is 28.8 Å². The van der Waals surface area contributed by atoms with Gasteiger partial charge < -0.3 is 20.6 Å². The topological polar surface area (TPSA) is 98.7 Å². The van der Waals surface area contributed by atoms with Crippen LogP contribution in [0.2, 0.25) is 5.02 Å². The fourth-order valence-electron chi connectivity index (χ4n) is 4.86. The summed E-state index contributed by atoms with van der Waals surface area (Å²) < 4.78 is 26.7. The maximum atomic E-state index is 13.4. The van der Waals surface area contributed by atoms with Crippen molar-refractivity contribution in [2.75, 3.05) is 18.4 Å². The summed E-state index contributed by atoms with van der Waals surface area (Å²) in [5.41, 5.74) is 1.13. The number of anilines is 1. The van der Waals surface area contributed by atoms with E-state index in [0.29, 0.717) is 18.9 Å². The fourth-order valence-corrected chi connectivity index (χ4v) is 7.28. The summed E-state index contributed by atoms with van der Waals surface area (Å²) in [5, 5.41) is 15.6. The Hall–Kier alpha value is -1.77. The van der Waals surface area contributed by atoms with Crippen LogP contribution in [0, 0.1) is 0 Å². The lowest BCUT2D eigenvalue weighted by atomic mass is 9.92. The van der Waals surface area contributed by atoms with Crippen LogP contribution in [-0.4, -0.2) is 54.9 Å². The molecule has 170 valence electrons. The Labute approximate surface area is 188 Å². The zero-order chi connectivity index (χ0) is 22.2. The minimum absolute atomic E-state index is 0.0251. The fraction of sp³-hybridized carbons (Fsp3) is 0.591. The molecule has 1 heterocycles. The third kappa shape index (κ3) is 4.56. The molecule has 1 saturated carbocycles. The number of carbonyl (C=O) groups is 1. The first-order chi connectivity index (χ1) is 14.8. The quantitative estimate of drug-likeness (QED) is 0.448. The number of aromatic hydroxyl groups is 1. The summed E-state index contributed by atoms with van der Waals surface area (Å²) >= 11 is 6.23. The van der Waals surface area contributed by atoms with Crippen molar-refractivity contribution < 1.29 is 18.3 Å². The van der Waals surface area contributed by atoms with Crippen molar-refractivity contribution >= 4 is 33.2 Å². The lowest BCUT2D eigenvalue weighted by molar-refractivity contribution is 0.0918. The first-order valence-electron chi connectivity index (χ1n) is 11.0. The number of sulfone groups is 1. The van der Waals surface area contributed by atoms with Crippen LogP contribution >= 0.6 is 11.6 Å². The van der Waals surface area contributed by atoms with Gasteiger partial charge in [-0.15, -0.1) is 0 Å². The van der Waals surface area contributed by atoms with Crippen LogP contribution < -0.4 is 10.6 Å². The maximum Gasteiger partial charge on any atom is 0.319 e. The summed E-state index contributed by atoms with van der Waals surface area (Å²) in [7, 11) is -3.83. The second kappa shape index (κ2) is 9.00. The number of nitrogens with one attached hydrogen (secondary N) is 2. The molecule has 3 N–H and O–H groups in total. The van der Waals surface area contributed by atoms with Gasteiger partial charge in [0.05, 0.1) is 22.0 Å². The van der Waals surface area contributed by atoms with Crippen molar-refractivity contribution in [3.63, 3.8) is 0 Å². The van der Waals surface area contributed by atoms with E-state index in [1.54, 1.807) is 0 Å². The third-order valence-corrected chi connectivity index (χ3v) is 9.64. The summed E-state index contributed by atoms with van der Waals surface area (Å²) in [6.45, 7) is 4.15. The van der Waals surface area contributed by atoms with Crippen molar-refractivity contribution in [1.82, 2.24) is 10.2 Å². The van der Waals surface area contributed by atoms with Gasteiger partial charge in [0.15, 0.2) is 15.6 Å². The number of hydrogen-bond acceptors (Lipinski definition) is 5. The molecule has 1 aromatic carbocycles. The molecule has 7 nitrogen and oxygen atoms in total. The Morgan fingerprint density at radius 2 is 1.87 bits per heavy atom. The van der Waals surface area contributed by atoms with E-state index in [-0.39, 0.29) is 21.6 Å². The molecular formula is C22H30ClN3O4S. The summed E-state index contributed by atoms with van der Waals surface area (Å²) in [4.78, 5) is 14.5. The normalized spacial score (nSPS) is 26.8. The highest BCUT2D eigenvalue weighted by atomic mass is 35.5. The lowest BCUT2D eigenvalue weighted by Crippen LogP contribution is -2.47. The second-order valence-corrected chi connectivity index (χ2v) is 11.4. The first kappa shape index (κ1) is 22.4. The maximum absolute atomic E-state index is 13.4. The van der Waals surface area contributed by atoms with Gasteiger partial charge in [0.25, 0.3) is 0 Å². The predicted molar refractivity (Wildman–Crippen MR) is 121 cm³/mol. The van der Waals surface area contributed by atoms with Crippen molar-refractivity contribution in [1.29, 1.82) is 0 Å². The van der Waals surface area contributed by atoms with Gasteiger partial charge in [-0.25, -0.2) is 13.2 Å². The van der Waals surface area contributed by atoms with Crippen LogP contribution in [0.1, 0.15) is 51.9 Å². The molecule has 0 spiro atoms. The van der Waals surface area contributed by atoms with E-state index in [2.05, 4.69) is 21.6 Å². The largest absolute Gasteiger partial charge is 0.504 e. The number of phenols is 1. The Kier molecular flexibility index (Phi) is 6.51. The SMILES string of the molecule is CC1=CCCC1NC(=O)Nc1ccc(Cl)c(S(=O)(=O)C2CCC(N3CCC3)CC2)c1O. The number of rotatable bonds is 5. The summed E-state index contributed by atoms with van der Waals surface area (Å²) in [6, 6.07) is 2.74. The van der Waals surface area contributed by atoms with Crippen molar-refractivity contribution in [2.24, 2.45) is 0 Å². The number of phenolic OH excluding ortho intramolecular Hbond substituents is 1. The molecule has 31 heavy (non-hydrogen) atoms. The van der Waals surface area contributed by atoms with Crippen LogP contribution in [0.15, 0.2) is 28.7 Å². The molecule has 1 aromatic rings. The third-order valence-electron chi connectivity index (χ3n) is 6.88. The van der Waals surface area contributed by atoms with Gasteiger partial charge >= 0.3 is 6.03 Å². The van der Waals surface area contributed by atoms with Crippen LogP contribution in [-0.2, 0) is 9.84 Å². The number of allylic oxidation sites excluding steroid dienone is 1. The summed E-state index contributed by atoms with van der Waals surface area (Å²) in [6.07, 6.45) is 7.78. The molecule has 1 unspecified atom stereocenters. The average molecular weight is 468 g/mol. The average Bonchev–Trinajstić information content (AvgIpc) is 3.07. The monoisotopic (exact) mass is 467 g/mol. The van der Waals surface area contributed by atoms with E-state index in [4.69, 9.17) is 11.6 Å². The van der Waals surface area contributed by atoms with Crippen molar-refractivity contribution in [3.8, 4) is 5.75 Å². The van der Waals surface area contributed by atoms with Gasteiger partial charge in [-0.1, -0.05) is 23.3 Å². The number of amides is 2. The highest BCUT2D eigenvalue weighted by Gasteiger charge is 2.38. The molecule has 2 amide bonds. The van der Waals surface area contributed by atoms with Crippen LogP contribution in [0.5, 0.6) is 5.75 Å². The molecule has 1 aliphatic heterocycles. The van der Waals surface area contributed by atoms with Crippen LogP contribution in [0.4, 0.5) is 10.5 Å². The zero-order valence-electron chi connectivity index (χ0n) is 17.7. The Balaban J connectivity index is 1.48. The number of urea groups is 1. The van der Waals surface area contributed by atoms with E-state index >= 15 is 0 Å². The molecule has 9 heteroatoms. The highest BCUT2D eigenvalue weighted by molar-refractivity contribution is 7.92. The number of carbonyl (C=O) groups excluding carboxylic acids is 1. The highest BCUT2D eigenvalue weighted by Crippen LogP contribution is 2.41. The van der Waals surface area contributed by atoms with E-state index in [0.717, 1.165) is 44.3 Å². The van der Waals surface area contributed by atoms with Gasteiger partial charge in [-0.2, -0.15) is 0 Å². The Bertz CT molecular complexity index is 983. The number of halogens is 1. The van der Waals surface area contributed by atoms with Gasteiger partial charge in [0.2, 0.25) is 0 Å². The standard InChI is InChI=1S/C22H30ClN3O4S/c1-14-4-2-5-18(14)24-22(28)25-19-11-10-17(23)21(20(19)27)31(29,30)16-8-6-15(7-9-16)26-12-3-13-26/h4,10-11,15-16,18,27H,2-3,5-9,12-13H2,1H3,(H2,24,25,28). The van der Waals surface area contributed by atoms with Gasteiger partial charge in [0.1, 0.15) is 4.90 Å². The van der Waals surface area contributed by atoms with Gasteiger partial charge in [-0.3, -0.25) is 0 Å². The van der Waals surface area contributed by atoms with Crippen LogP contribution in [0.3, 0.4) is 0 Å². The first-order valence-corrected chi connectivity index (χ1v) is 12.9. The summed E-state index contributed by atoms with van der Waals surface area (Å²) in [5.74, 6) is -0.494. The van der Waals surface area contributed by atoms with E-state index in [1.165, 1.54) is 18.6 Å². The van der Waals surface area contributed by atoms with Crippen molar-refractivity contribution in [2.45, 2.75) is 74.1 Å². The molecule has 1 atom stereocenters. The van der Waals surface area contributed by atoms with E-state index < -0.39 is 26.9 Å². The second-order valence-electron chi connectivity index (χ2n) is 8.81. The molecule has 2 aliphatic carbocycles. The van der Waals surface area contributed by atoms with Crippen LogP contribution in [0.25, 0.3) is 0 Å². The Morgan fingerprint density at radius 3 is 2.45 bits per heavy atom. The van der Waals surface area contributed by atoms with E-state index in [1.807, 2.05) is 6.92 Å². The molecule has 0 bridgehead atoms.